The summed E-state index contributed by atoms with van der Waals surface area (Å²) in [6.45, 7) is 0. The minimum Gasteiger partial charge on any atom is -0.480 e. The molecule has 0 radical (unpaired) electrons. The Bertz CT molecular complexity index is 218. The second-order valence-corrected chi connectivity index (χ2v) is 3.09. The van der Waals surface area contributed by atoms with Crippen LogP contribution in [0.3, 0.4) is 0 Å². The van der Waals surface area contributed by atoms with Crippen molar-refractivity contribution >= 4 is 29.9 Å². The molecule has 4 heteroatoms. The molecule has 54 valence electrons. The van der Waals surface area contributed by atoms with Crippen LogP contribution in [0.15, 0.2) is 16.8 Å². The predicted octanol–water partition coefficient (Wildman–Crippen LogP) is 1.80. The fourth-order valence-corrected chi connectivity index (χ4v) is 1.52. The first-order valence-electron chi connectivity index (χ1n) is 2.65. The molecule has 0 spiro atoms. The number of aliphatic carboxylic acids is 1. The van der Waals surface area contributed by atoms with Gasteiger partial charge in [-0.3, -0.25) is 4.79 Å². The number of thiol groups is 1. The number of hydrogen-bond donors (Lipinski definition) is 2. The lowest BCUT2D eigenvalue weighted by Crippen LogP contribution is -2.03. The first-order valence-corrected chi connectivity index (χ1v) is 4.10. The van der Waals surface area contributed by atoms with E-state index in [0.29, 0.717) is 0 Å². The topological polar surface area (TPSA) is 37.3 Å². The molecule has 0 aliphatic heterocycles. The highest BCUT2D eigenvalue weighted by Gasteiger charge is 2.13. The highest BCUT2D eigenvalue weighted by atomic mass is 32.1. The zero-order valence-corrected chi connectivity index (χ0v) is 6.73. The van der Waals surface area contributed by atoms with Gasteiger partial charge < -0.3 is 5.11 Å². The third kappa shape index (κ3) is 1.52. The summed E-state index contributed by atoms with van der Waals surface area (Å²) in [5.41, 5.74) is 0.751. The van der Waals surface area contributed by atoms with Crippen molar-refractivity contribution in [2.75, 3.05) is 0 Å². The number of hydrogen-bond acceptors (Lipinski definition) is 3. The van der Waals surface area contributed by atoms with Crippen LogP contribution >= 0.6 is 24.0 Å². The Morgan fingerprint density at radius 2 is 2.50 bits per heavy atom. The number of thiophene rings is 1. The summed E-state index contributed by atoms with van der Waals surface area (Å²) in [6.07, 6.45) is 0. The summed E-state index contributed by atoms with van der Waals surface area (Å²) in [4.78, 5) is 10.3. The Labute approximate surface area is 67.9 Å². The standard InChI is InChI=1S/C6H6O2S2/c7-6(8)5(9)4-1-2-10-3-4/h1-3,5,9H,(H,7,8). The summed E-state index contributed by atoms with van der Waals surface area (Å²) in [5.74, 6) is -0.901. The SMILES string of the molecule is O=C(O)C(S)c1ccsc1. The van der Waals surface area contributed by atoms with Crippen LogP contribution in [0.5, 0.6) is 0 Å². The molecule has 1 atom stereocenters. The van der Waals surface area contributed by atoms with Crippen LogP contribution in [0.4, 0.5) is 0 Å². The molecule has 10 heavy (non-hydrogen) atoms. The molecular formula is C6H6O2S2. The minimum atomic E-state index is -0.901. The van der Waals surface area contributed by atoms with E-state index in [4.69, 9.17) is 5.11 Å². The summed E-state index contributed by atoms with van der Waals surface area (Å²) >= 11 is 5.36. The molecule has 0 fully saturated rings. The van der Waals surface area contributed by atoms with Gasteiger partial charge in [0.15, 0.2) is 0 Å². The van der Waals surface area contributed by atoms with Gasteiger partial charge in [0, 0.05) is 0 Å². The fraction of sp³-hybridized carbons (Fsp3) is 0.167. The van der Waals surface area contributed by atoms with Crippen molar-refractivity contribution in [1.29, 1.82) is 0 Å². The lowest BCUT2D eigenvalue weighted by Gasteiger charge is -1.99. The Hall–Kier alpha value is -0.480. The monoisotopic (exact) mass is 174 g/mol. The van der Waals surface area contributed by atoms with Gasteiger partial charge in [-0.25, -0.2) is 0 Å². The summed E-state index contributed by atoms with van der Waals surface area (Å²) < 4.78 is 0. The molecule has 1 heterocycles. The molecule has 1 aromatic rings. The molecule has 0 aromatic carbocycles. The van der Waals surface area contributed by atoms with Crippen LogP contribution in [0, 0.1) is 0 Å². The van der Waals surface area contributed by atoms with Gasteiger partial charge in [-0.05, 0) is 22.4 Å². The van der Waals surface area contributed by atoms with Gasteiger partial charge in [-0.1, -0.05) is 0 Å². The second kappa shape index (κ2) is 3.07. The average Bonchev–Trinajstić information content (AvgIpc) is 2.36. The number of carboxylic acids is 1. The van der Waals surface area contributed by atoms with Crippen LogP contribution in [-0.4, -0.2) is 11.1 Å². The molecular weight excluding hydrogens is 168 g/mol. The van der Waals surface area contributed by atoms with Gasteiger partial charge in [0.25, 0.3) is 0 Å². The third-order valence-corrected chi connectivity index (χ3v) is 2.31. The molecule has 1 unspecified atom stereocenters. The van der Waals surface area contributed by atoms with E-state index in [1.807, 2.05) is 5.38 Å². The first kappa shape index (κ1) is 7.63. The summed E-state index contributed by atoms with van der Waals surface area (Å²) in [5, 5.41) is 11.4. The van der Waals surface area contributed by atoms with Gasteiger partial charge in [0.1, 0.15) is 5.25 Å². The minimum absolute atomic E-state index is 0.675. The van der Waals surface area contributed by atoms with Crippen molar-refractivity contribution in [3.63, 3.8) is 0 Å². The largest absolute Gasteiger partial charge is 0.480 e. The maximum absolute atomic E-state index is 10.3. The van der Waals surface area contributed by atoms with E-state index in [2.05, 4.69) is 12.6 Å². The van der Waals surface area contributed by atoms with E-state index in [1.54, 1.807) is 11.4 Å². The maximum Gasteiger partial charge on any atom is 0.320 e. The van der Waals surface area contributed by atoms with Crippen molar-refractivity contribution in [2.45, 2.75) is 5.25 Å². The van der Waals surface area contributed by atoms with Crippen molar-refractivity contribution in [2.24, 2.45) is 0 Å². The molecule has 0 aliphatic carbocycles. The van der Waals surface area contributed by atoms with E-state index >= 15 is 0 Å². The molecule has 2 nitrogen and oxygen atoms in total. The third-order valence-electron chi connectivity index (χ3n) is 1.09. The molecule has 1 aromatic heterocycles. The lowest BCUT2D eigenvalue weighted by molar-refractivity contribution is -0.136. The maximum atomic E-state index is 10.3. The van der Waals surface area contributed by atoms with Crippen LogP contribution in [-0.2, 0) is 4.79 Å². The van der Waals surface area contributed by atoms with Crippen LogP contribution < -0.4 is 0 Å². The zero-order valence-electron chi connectivity index (χ0n) is 5.02. The molecule has 0 saturated heterocycles. The highest BCUT2D eigenvalue weighted by molar-refractivity contribution is 7.81. The number of carboxylic acid groups (broad SMARTS) is 1. The second-order valence-electron chi connectivity index (χ2n) is 1.80. The van der Waals surface area contributed by atoms with E-state index in [0.717, 1.165) is 5.56 Å². The van der Waals surface area contributed by atoms with Gasteiger partial charge >= 0.3 is 5.97 Å². The Kier molecular flexibility index (Phi) is 2.34. The van der Waals surface area contributed by atoms with Gasteiger partial charge in [0.05, 0.1) is 0 Å². The van der Waals surface area contributed by atoms with Crippen molar-refractivity contribution in [3.8, 4) is 0 Å². The number of carbonyl (C=O) groups is 1. The van der Waals surface area contributed by atoms with Gasteiger partial charge in [-0.2, -0.15) is 24.0 Å². The Balaban J connectivity index is 2.77. The summed E-state index contributed by atoms with van der Waals surface area (Å²) in [6, 6.07) is 1.76. The first-order chi connectivity index (χ1) is 4.72. The van der Waals surface area contributed by atoms with E-state index in [1.165, 1.54) is 11.3 Å². The molecule has 1 N–H and O–H groups in total. The average molecular weight is 174 g/mol. The molecule has 0 bridgehead atoms. The molecule has 0 saturated carbocycles. The van der Waals surface area contributed by atoms with Crippen LogP contribution in [0.25, 0.3) is 0 Å². The molecule has 1 rings (SSSR count). The molecule has 0 amide bonds. The Morgan fingerprint density at radius 3 is 2.90 bits per heavy atom. The summed E-state index contributed by atoms with van der Waals surface area (Å²) in [7, 11) is 0. The van der Waals surface area contributed by atoms with Crippen molar-refractivity contribution in [1.82, 2.24) is 0 Å². The molecule has 0 aliphatic rings. The lowest BCUT2D eigenvalue weighted by atomic mass is 10.2. The predicted molar refractivity (Wildman–Crippen MR) is 43.7 cm³/mol. The quantitative estimate of drug-likeness (QED) is 0.671. The smallest absolute Gasteiger partial charge is 0.320 e. The van der Waals surface area contributed by atoms with E-state index < -0.39 is 11.2 Å². The Morgan fingerprint density at radius 1 is 1.80 bits per heavy atom. The van der Waals surface area contributed by atoms with Crippen LogP contribution in [0.1, 0.15) is 10.8 Å². The highest BCUT2D eigenvalue weighted by Crippen LogP contribution is 2.21. The number of rotatable bonds is 2. The van der Waals surface area contributed by atoms with E-state index in [9.17, 15) is 4.79 Å². The van der Waals surface area contributed by atoms with Crippen molar-refractivity contribution in [3.05, 3.63) is 22.4 Å². The van der Waals surface area contributed by atoms with Gasteiger partial charge in [0.2, 0.25) is 0 Å². The zero-order chi connectivity index (χ0) is 7.56. The van der Waals surface area contributed by atoms with Gasteiger partial charge in [-0.15, -0.1) is 0 Å². The van der Waals surface area contributed by atoms with Crippen molar-refractivity contribution < 1.29 is 9.90 Å². The van der Waals surface area contributed by atoms with Crippen LogP contribution in [0.2, 0.25) is 0 Å². The normalized spacial score (nSPS) is 12.9. The fourth-order valence-electron chi connectivity index (χ4n) is 0.573. The van der Waals surface area contributed by atoms with E-state index in [-0.39, 0.29) is 0 Å².